The third kappa shape index (κ3) is 3.56. The zero-order valence-corrected chi connectivity index (χ0v) is 13.4. The van der Waals surface area contributed by atoms with E-state index in [4.69, 9.17) is 11.5 Å². The summed E-state index contributed by atoms with van der Waals surface area (Å²) in [6.45, 7) is 3.63. The fraction of sp³-hybridized carbons (Fsp3) is 0.667. The molecular weight excluding hydrogens is 294 g/mol. The molecule has 20 heavy (non-hydrogen) atoms. The van der Waals surface area contributed by atoms with Crippen molar-refractivity contribution in [3.8, 4) is 0 Å². The minimum absolute atomic E-state index is 0.114. The maximum absolute atomic E-state index is 12.2. The van der Waals surface area contributed by atoms with E-state index in [1.54, 1.807) is 11.8 Å². The first kappa shape index (κ1) is 15.4. The zero-order chi connectivity index (χ0) is 14.7. The van der Waals surface area contributed by atoms with Crippen molar-refractivity contribution in [3.05, 3.63) is 4.88 Å². The van der Waals surface area contributed by atoms with Gasteiger partial charge in [-0.25, -0.2) is 4.98 Å². The SMILES string of the molecule is CSCC(C)NC(=O)c1sc(N2CCC(N)C2)nc1N. The van der Waals surface area contributed by atoms with E-state index >= 15 is 0 Å². The minimum Gasteiger partial charge on any atom is -0.382 e. The number of rotatable bonds is 5. The molecular formula is C12H21N5OS2. The highest BCUT2D eigenvalue weighted by atomic mass is 32.2. The molecule has 0 bridgehead atoms. The van der Waals surface area contributed by atoms with E-state index in [1.165, 1.54) is 11.3 Å². The second kappa shape index (κ2) is 6.64. The van der Waals surface area contributed by atoms with E-state index in [0.717, 1.165) is 30.4 Å². The lowest BCUT2D eigenvalue weighted by atomic mass is 10.3. The van der Waals surface area contributed by atoms with E-state index in [9.17, 15) is 4.79 Å². The van der Waals surface area contributed by atoms with Crippen LogP contribution < -0.4 is 21.7 Å². The Kier molecular flexibility index (Phi) is 5.11. The summed E-state index contributed by atoms with van der Waals surface area (Å²) in [5, 5.41) is 3.73. The molecule has 1 saturated heterocycles. The molecule has 1 aliphatic heterocycles. The van der Waals surface area contributed by atoms with Crippen molar-refractivity contribution in [3.63, 3.8) is 0 Å². The molecule has 0 radical (unpaired) electrons. The van der Waals surface area contributed by atoms with Crippen LogP contribution >= 0.6 is 23.1 Å². The standard InChI is InChI=1S/C12H21N5OS2/c1-7(6-19-2)15-11(18)9-10(14)16-12(20-9)17-4-3-8(13)5-17/h7-8H,3-6,13-14H2,1-2H3,(H,15,18). The molecule has 1 fully saturated rings. The molecule has 2 atom stereocenters. The second-order valence-electron chi connectivity index (χ2n) is 5.04. The van der Waals surface area contributed by atoms with Gasteiger partial charge in [-0.2, -0.15) is 11.8 Å². The van der Waals surface area contributed by atoms with Gasteiger partial charge in [-0.3, -0.25) is 4.79 Å². The minimum atomic E-state index is -0.142. The van der Waals surface area contributed by atoms with Gasteiger partial charge in [0.25, 0.3) is 5.91 Å². The second-order valence-corrected chi connectivity index (χ2v) is 6.92. The van der Waals surface area contributed by atoms with Gasteiger partial charge in [-0.1, -0.05) is 11.3 Å². The molecule has 2 unspecified atom stereocenters. The van der Waals surface area contributed by atoms with Crippen LogP contribution in [0.15, 0.2) is 0 Å². The molecule has 1 aromatic heterocycles. The number of nitrogens with zero attached hydrogens (tertiary/aromatic N) is 2. The number of carbonyl (C=O) groups is 1. The third-order valence-corrected chi connectivity index (χ3v) is 5.10. The summed E-state index contributed by atoms with van der Waals surface area (Å²) < 4.78 is 0. The fourth-order valence-electron chi connectivity index (χ4n) is 2.16. The van der Waals surface area contributed by atoms with Gasteiger partial charge in [0, 0.05) is 30.9 Å². The van der Waals surface area contributed by atoms with Gasteiger partial charge in [-0.15, -0.1) is 0 Å². The first-order valence-corrected chi connectivity index (χ1v) is 8.79. The van der Waals surface area contributed by atoms with Crippen LogP contribution in [-0.2, 0) is 0 Å². The molecule has 0 saturated carbocycles. The number of thioether (sulfide) groups is 1. The van der Waals surface area contributed by atoms with Crippen LogP contribution in [0.4, 0.5) is 10.9 Å². The average Bonchev–Trinajstić information content (AvgIpc) is 2.95. The summed E-state index contributed by atoms with van der Waals surface area (Å²) in [7, 11) is 0. The van der Waals surface area contributed by atoms with Crippen molar-refractivity contribution in [2.45, 2.75) is 25.4 Å². The van der Waals surface area contributed by atoms with Gasteiger partial charge >= 0.3 is 0 Å². The highest BCUT2D eigenvalue weighted by Gasteiger charge is 2.25. The molecule has 5 N–H and O–H groups in total. The predicted octanol–water partition coefficient (Wildman–Crippen LogP) is 0.744. The van der Waals surface area contributed by atoms with Crippen LogP contribution in [0.2, 0.25) is 0 Å². The largest absolute Gasteiger partial charge is 0.382 e. The summed E-state index contributed by atoms with van der Waals surface area (Å²) >= 11 is 3.04. The van der Waals surface area contributed by atoms with Crippen LogP contribution in [0, 0.1) is 0 Å². The number of aromatic nitrogens is 1. The highest BCUT2D eigenvalue weighted by molar-refractivity contribution is 7.98. The van der Waals surface area contributed by atoms with Crippen molar-refractivity contribution < 1.29 is 4.79 Å². The van der Waals surface area contributed by atoms with Crippen LogP contribution in [0.1, 0.15) is 23.0 Å². The summed E-state index contributed by atoms with van der Waals surface area (Å²) in [5.74, 6) is 1.04. The number of nitrogens with two attached hydrogens (primary N) is 2. The van der Waals surface area contributed by atoms with E-state index < -0.39 is 0 Å². The van der Waals surface area contributed by atoms with Crippen molar-refractivity contribution in [2.24, 2.45) is 5.73 Å². The molecule has 2 rings (SSSR count). The highest BCUT2D eigenvalue weighted by Crippen LogP contribution is 2.30. The van der Waals surface area contributed by atoms with Crippen LogP contribution in [0.3, 0.4) is 0 Å². The number of nitrogen functional groups attached to an aromatic ring is 1. The molecule has 1 amide bonds. The number of thiazole rings is 1. The molecule has 0 aliphatic carbocycles. The molecule has 0 aromatic carbocycles. The monoisotopic (exact) mass is 315 g/mol. The predicted molar refractivity (Wildman–Crippen MR) is 86.6 cm³/mol. The smallest absolute Gasteiger partial charge is 0.265 e. The Hall–Kier alpha value is -0.990. The number of hydrogen-bond donors (Lipinski definition) is 3. The number of amides is 1. The van der Waals surface area contributed by atoms with Gasteiger partial charge in [0.2, 0.25) is 0 Å². The average molecular weight is 315 g/mol. The maximum atomic E-state index is 12.2. The van der Waals surface area contributed by atoms with E-state index in [-0.39, 0.29) is 18.0 Å². The Bertz CT molecular complexity index is 478. The zero-order valence-electron chi connectivity index (χ0n) is 11.8. The number of hydrogen-bond acceptors (Lipinski definition) is 7. The third-order valence-electron chi connectivity index (χ3n) is 3.14. The Balaban J connectivity index is 2.05. The molecule has 112 valence electrons. The lowest BCUT2D eigenvalue weighted by Crippen LogP contribution is -2.34. The molecule has 6 nitrogen and oxygen atoms in total. The summed E-state index contributed by atoms with van der Waals surface area (Å²) in [5.41, 5.74) is 11.8. The van der Waals surface area contributed by atoms with E-state index in [0.29, 0.717) is 10.7 Å². The van der Waals surface area contributed by atoms with Gasteiger partial charge in [0.15, 0.2) is 5.13 Å². The molecule has 2 heterocycles. The normalized spacial score (nSPS) is 20.1. The maximum Gasteiger partial charge on any atom is 0.265 e. The fourth-order valence-corrected chi connectivity index (χ4v) is 3.67. The number of anilines is 2. The Morgan fingerprint density at radius 2 is 2.45 bits per heavy atom. The van der Waals surface area contributed by atoms with Crippen molar-refractivity contribution >= 4 is 40.0 Å². The lowest BCUT2D eigenvalue weighted by Gasteiger charge is -2.13. The summed E-state index contributed by atoms with van der Waals surface area (Å²) in [4.78, 5) is 19.1. The molecule has 8 heteroatoms. The van der Waals surface area contributed by atoms with Gasteiger partial charge in [0.1, 0.15) is 10.7 Å². The number of nitrogens with one attached hydrogen (secondary N) is 1. The Labute approximate surface area is 127 Å². The molecule has 1 aromatic rings. The lowest BCUT2D eigenvalue weighted by molar-refractivity contribution is 0.0948. The summed E-state index contributed by atoms with van der Waals surface area (Å²) in [6.07, 6.45) is 2.96. The Morgan fingerprint density at radius 3 is 3.05 bits per heavy atom. The van der Waals surface area contributed by atoms with E-state index in [1.807, 2.05) is 13.2 Å². The summed E-state index contributed by atoms with van der Waals surface area (Å²) in [6, 6.07) is 0.293. The quantitative estimate of drug-likeness (QED) is 0.741. The topological polar surface area (TPSA) is 97.3 Å². The van der Waals surface area contributed by atoms with Gasteiger partial charge in [-0.05, 0) is 19.6 Å². The van der Waals surface area contributed by atoms with Crippen molar-refractivity contribution in [1.29, 1.82) is 0 Å². The van der Waals surface area contributed by atoms with E-state index in [2.05, 4.69) is 15.2 Å². The molecule has 1 aliphatic rings. The number of carbonyl (C=O) groups excluding carboxylic acids is 1. The Morgan fingerprint density at radius 1 is 1.70 bits per heavy atom. The molecule has 0 spiro atoms. The van der Waals surface area contributed by atoms with Crippen molar-refractivity contribution in [2.75, 3.05) is 35.7 Å². The van der Waals surface area contributed by atoms with Gasteiger partial charge < -0.3 is 21.7 Å². The first-order chi connectivity index (χ1) is 9.51. The van der Waals surface area contributed by atoms with Crippen molar-refractivity contribution in [1.82, 2.24) is 10.3 Å². The van der Waals surface area contributed by atoms with Crippen LogP contribution in [0.5, 0.6) is 0 Å². The van der Waals surface area contributed by atoms with Gasteiger partial charge in [0.05, 0.1) is 0 Å². The van der Waals surface area contributed by atoms with Crippen LogP contribution in [0.25, 0.3) is 0 Å². The first-order valence-electron chi connectivity index (χ1n) is 6.58. The van der Waals surface area contributed by atoms with Crippen LogP contribution in [-0.4, -0.2) is 48.1 Å².